The van der Waals surface area contributed by atoms with Crippen LogP contribution in [0.15, 0.2) is 42.5 Å². The van der Waals surface area contributed by atoms with E-state index in [2.05, 4.69) is 11.9 Å². The fourth-order valence-electron chi connectivity index (χ4n) is 2.62. The summed E-state index contributed by atoms with van der Waals surface area (Å²) in [5.41, 5.74) is 1.74. The Kier molecular flexibility index (Phi) is 4.49. The molecule has 2 heterocycles. The molecule has 0 aliphatic carbocycles. The Balaban J connectivity index is 1.72. The second-order valence-corrected chi connectivity index (χ2v) is 5.73. The number of fused-ring (bicyclic) bond motifs is 1. The van der Waals surface area contributed by atoms with Crippen LogP contribution in [0.3, 0.4) is 0 Å². The van der Waals surface area contributed by atoms with Crippen molar-refractivity contribution in [2.24, 2.45) is 5.92 Å². The lowest BCUT2D eigenvalue weighted by Crippen LogP contribution is -2.34. The summed E-state index contributed by atoms with van der Waals surface area (Å²) in [6, 6.07) is 11.9. The Labute approximate surface area is 130 Å². The third kappa shape index (κ3) is 3.52. The van der Waals surface area contributed by atoms with Crippen molar-refractivity contribution in [2.45, 2.75) is 6.92 Å². The minimum absolute atomic E-state index is 0.0207. The summed E-state index contributed by atoms with van der Waals surface area (Å²) in [6.07, 6.45) is 3.39. The number of ether oxygens (including phenoxy) is 1. The monoisotopic (exact) mass is 296 g/mol. The summed E-state index contributed by atoms with van der Waals surface area (Å²) in [7, 11) is 0. The normalized spacial score (nSPS) is 19.5. The van der Waals surface area contributed by atoms with Gasteiger partial charge in [-0.2, -0.15) is 0 Å². The van der Waals surface area contributed by atoms with Gasteiger partial charge in [-0.1, -0.05) is 31.2 Å². The van der Waals surface area contributed by atoms with E-state index in [9.17, 15) is 4.79 Å². The third-order valence-electron chi connectivity index (χ3n) is 3.77. The summed E-state index contributed by atoms with van der Waals surface area (Å²) in [5.74, 6) is 0.394. The average molecular weight is 296 g/mol. The second-order valence-electron chi connectivity index (χ2n) is 5.73. The number of aromatic nitrogens is 1. The molecular formula is C18H20N2O2. The largest absolute Gasteiger partial charge is 0.379 e. The highest BCUT2D eigenvalue weighted by molar-refractivity contribution is 5.92. The van der Waals surface area contributed by atoms with Crippen molar-refractivity contribution in [3.05, 3.63) is 48.2 Å². The predicted molar refractivity (Wildman–Crippen MR) is 87.3 cm³/mol. The lowest BCUT2D eigenvalue weighted by molar-refractivity contribution is -0.126. The van der Waals surface area contributed by atoms with Gasteiger partial charge in [-0.3, -0.25) is 4.79 Å². The van der Waals surface area contributed by atoms with Crippen LogP contribution >= 0.6 is 0 Å². The van der Waals surface area contributed by atoms with E-state index >= 15 is 0 Å². The van der Waals surface area contributed by atoms with Gasteiger partial charge in [-0.15, -0.1) is 0 Å². The Morgan fingerprint density at radius 1 is 1.32 bits per heavy atom. The van der Waals surface area contributed by atoms with Gasteiger partial charge >= 0.3 is 0 Å². The molecule has 4 nitrogen and oxygen atoms in total. The quantitative estimate of drug-likeness (QED) is 0.800. The topological polar surface area (TPSA) is 42.4 Å². The fourth-order valence-corrected chi connectivity index (χ4v) is 2.62. The first-order valence-electron chi connectivity index (χ1n) is 7.63. The molecule has 1 amide bonds. The molecule has 114 valence electrons. The molecule has 1 saturated heterocycles. The number of amides is 1. The molecular weight excluding hydrogens is 276 g/mol. The number of carbonyl (C=O) groups excluding carboxylic acids is 1. The lowest BCUT2D eigenvalue weighted by atomic mass is 10.2. The zero-order valence-electron chi connectivity index (χ0n) is 12.7. The molecule has 2 aromatic rings. The van der Waals surface area contributed by atoms with Gasteiger partial charge in [0.1, 0.15) is 0 Å². The molecule has 0 N–H and O–H groups in total. The van der Waals surface area contributed by atoms with Gasteiger partial charge in [0.05, 0.1) is 24.4 Å². The van der Waals surface area contributed by atoms with Crippen molar-refractivity contribution in [1.82, 2.24) is 9.88 Å². The van der Waals surface area contributed by atoms with Crippen LogP contribution in [0.25, 0.3) is 17.0 Å². The minimum Gasteiger partial charge on any atom is -0.379 e. The van der Waals surface area contributed by atoms with Crippen LogP contribution in [-0.4, -0.2) is 42.1 Å². The zero-order valence-corrected chi connectivity index (χ0v) is 12.7. The highest BCUT2D eigenvalue weighted by atomic mass is 16.5. The van der Waals surface area contributed by atoms with Crippen molar-refractivity contribution in [3.8, 4) is 0 Å². The van der Waals surface area contributed by atoms with Gasteiger partial charge in [0.2, 0.25) is 5.91 Å². The zero-order chi connectivity index (χ0) is 15.4. The van der Waals surface area contributed by atoms with Crippen LogP contribution in [0, 0.1) is 5.92 Å². The van der Waals surface area contributed by atoms with Crippen LogP contribution in [-0.2, 0) is 9.53 Å². The maximum absolute atomic E-state index is 12.3. The summed E-state index contributed by atoms with van der Waals surface area (Å²) >= 11 is 0. The highest BCUT2D eigenvalue weighted by Gasteiger charge is 2.17. The van der Waals surface area contributed by atoms with Crippen LogP contribution in [0.4, 0.5) is 0 Å². The van der Waals surface area contributed by atoms with E-state index < -0.39 is 0 Å². The Bertz CT molecular complexity index is 696. The van der Waals surface area contributed by atoms with Gasteiger partial charge in [-0.05, 0) is 24.1 Å². The van der Waals surface area contributed by atoms with Gasteiger partial charge in [-0.25, -0.2) is 4.98 Å². The summed E-state index contributed by atoms with van der Waals surface area (Å²) in [6.45, 7) is 4.82. The number of hydrogen-bond donors (Lipinski definition) is 0. The van der Waals surface area contributed by atoms with Crippen molar-refractivity contribution in [2.75, 3.05) is 26.3 Å². The fraction of sp³-hybridized carbons (Fsp3) is 0.333. The second kappa shape index (κ2) is 6.71. The first-order valence-corrected chi connectivity index (χ1v) is 7.63. The molecule has 0 bridgehead atoms. The van der Waals surface area contributed by atoms with E-state index in [1.54, 1.807) is 12.2 Å². The molecule has 1 atom stereocenters. The standard InChI is InChI=1S/C18H20N2O2/c1-14-12-20(10-11-22-13-14)18(21)9-8-16-7-6-15-4-2-3-5-17(15)19-16/h2-9,14H,10-13H2,1H3/b9-8+. The SMILES string of the molecule is CC1COCCN(C(=O)/C=C/c2ccc3ccccc3n2)C1. The molecule has 0 radical (unpaired) electrons. The average Bonchev–Trinajstić information content (AvgIpc) is 2.77. The summed E-state index contributed by atoms with van der Waals surface area (Å²) < 4.78 is 5.47. The number of para-hydroxylation sites is 1. The third-order valence-corrected chi connectivity index (χ3v) is 3.77. The molecule has 1 aromatic heterocycles. The molecule has 0 spiro atoms. The molecule has 1 fully saturated rings. The Morgan fingerprint density at radius 2 is 2.18 bits per heavy atom. The maximum atomic E-state index is 12.3. The van der Waals surface area contributed by atoms with Gasteiger partial charge in [0, 0.05) is 24.6 Å². The minimum atomic E-state index is 0.0207. The van der Waals surface area contributed by atoms with Crippen LogP contribution in [0.1, 0.15) is 12.6 Å². The van der Waals surface area contributed by atoms with E-state index in [-0.39, 0.29) is 5.91 Å². The summed E-state index contributed by atoms with van der Waals surface area (Å²) in [5, 5.41) is 1.10. The molecule has 1 unspecified atom stereocenters. The number of hydrogen-bond acceptors (Lipinski definition) is 3. The Hall–Kier alpha value is -2.20. The van der Waals surface area contributed by atoms with Gasteiger partial charge in [0.25, 0.3) is 0 Å². The number of rotatable bonds is 2. The van der Waals surface area contributed by atoms with Crippen molar-refractivity contribution < 1.29 is 9.53 Å². The predicted octanol–water partition coefficient (Wildman–Crippen LogP) is 2.74. The van der Waals surface area contributed by atoms with Crippen LogP contribution < -0.4 is 0 Å². The highest BCUT2D eigenvalue weighted by Crippen LogP contribution is 2.13. The van der Waals surface area contributed by atoms with Crippen LogP contribution in [0.2, 0.25) is 0 Å². The maximum Gasteiger partial charge on any atom is 0.246 e. The van der Waals surface area contributed by atoms with Gasteiger partial charge in [0.15, 0.2) is 0 Å². The van der Waals surface area contributed by atoms with E-state index in [4.69, 9.17) is 4.74 Å². The first kappa shape index (κ1) is 14.7. The Morgan fingerprint density at radius 3 is 3.09 bits per heavy atom. The molecule has 22 heavy (non-hydrogen) atoms. The van der Waals surface area contributed by atoms with E-state index in [1.807, 2.05) is 41.3 Å². The molecule has 1 aliphatic rings. The van der Waals surface area contributed by atoms with Crippen molar-refractivity contribution >= 4 is 22.9 Å². The molecule has 1 aromatic carbocycles. The van der Waals surface area contributed by atoms with E-state index in [0.717, 1.165) is 29.7 Å². The van der Waals surface area contributed by atoms with Crippen molar-refractivity contribution in [1.29, 1.82) is 0 Å². The van der Waals surface area contributed by atoms with Gasteiger partial charge < -0.3 is 9.64 Å². The molecule has 1 aliphatic heterocycles. The van der Waals surface area contributed by atoms with Crippen LogP contribution in [0.5, 0.6) is 0 Å². The number of nitrogens with zero attached hydrogens (tertiary/aromatic N) is 2. The first-order chi connectivity index (χ1) is 10.7. The lowest BCUT2D eigenvalue weighted by Gasteiger charge is -2.19. The van der Waals surface area contributed by atoms with Crippen molar-refractivity contribution in [3.63, 3.8) is 0 Å². The summed E-state index contributed by atoms with van der Waals surface area (Å²) in [4.78, 5) is 18.7. The van der Waals surface area contributed by atoms with E-state index in [1.165, 1.54) is 0 Å². The number of carbonyl (C=O) groups is 1. The molecule has 3 rings (SSSR count). The molecule has 0 saturated carbocycles. The molecule has 4 heteroatoms. The smallest absolute Gasteiger partial charge is 0.246 e. The number of benzene rings is 1. The van der Waals surface area contributed by atoms with E-state index in [0.29, 0.717) is 19.1 Å². The number of pyridine rings is 1.